The molecule has 0 aromatic carbocycles. The number of aryl methyl sites for hydroxylation is 1. The number of aliphatic hydroxyl groups excluding tert-OH is 1. The second-order valence-corrected chi connectivity index (χ2v) is 6.37. The van der Waals surface area contributed by atoms with Gasteiger partial charge in [-0.2, -0.15) is 4.31 Å². The minimum Gasteiger partial charge on any atom is -0.477 e. The van der Waals surface area contributed by atoms with Crippen LogP contribution in [0.2, 0.25) is 0 Å². The third-order valence-corrected chi connectivity index (χ3v) is 5.35. The molecule has 0 fully saturated rings. The first kappa shape index (κ1) is 15.7. The highest BCUT2D eigenvalue weighted by atomic mass is 32.2. The fourth-order valence-electron chi connectivity index (χ4n) is 1.83. The van der Waals surface area contributed by atoms with Crippen LogP contribution in [0.4, 0.5) is 0 Å². The Balaban J connectivity index is 3.42. The fraction of sp³-hybridized carbons (Fsp3) is 0.545. The van der Waals surface area contributed by atoms with Crippen LogP contribution in [0.15, 0.2) is 4.90 Å². The smallest absolute Gasteiger partial charge is 0.352 e. The first-order valence-corrected chi connectivity index (χ1v) is 7.10. The van der Waals surface area contributed by atoms with E-state index in [-0.39, 0.29) is 28.5 Å². The lowest BCUT2D eigenvalue weighted by molar-refractivity contribution is 0.0690. The summed E-state index contributed by atoms with van der Waals surface area (Å²) >= 11 is 0. The summed E-state index contributed by atoms with van der Waals surface area (Å²) in [6, 6.07) is -0.591. The van der Waals surface area contributed by atoms with Crippen molar-refractivity contribution in [3.63, 3.8) is 0 Å². The molecule has 0 amide bonds. The summed E-state index contributed by atoms with van der Waals surface area (Å²) in [5.41, 5.74) is 0.301. The first-order valence-electron chi connectivity index (χ1n) is 5.66. The van der Waals surface area contributed by atoms with Crippen molar-refractivity contribution in [1.82, 2.24) is 9.29 Å². The van der Waals surface area contributed by atoms with Crippen molar-refractivity contribution in [3.05, 3.63) is 17.0 Å². The zero-order valence-corrected chi connectivity index (χ0v) is 12.1. The summed E-state index contributed by atoms with van der Waals surface area (Å²) in [4.78, 5) is 13.5. The summed E-state index contributed by atoms with van der Waals surface area (Å²) in [7, 11) is -2.50. The quantitative estimate of drug-likeness (QED) is 0.723. The lowest BCUT2D eigenvalue weighted by Gasteiger charge is -2.22. The molecule has 1 aromatic rings. The summed E-state index contributed by atoms with van der Waals surface area (Å²) in [6.07, 6.45) is 0. The molecule has 19 heavy (non-hydrogen) atoms. The topological polar surface area (TPSA) is 111 Å². The zero-order chi connectivity index (χ0) is 15.0. The van der Waals surface area contributed by atoms with Crippen molar-refractivity contribution in [2.45, 2.75) is 31.7 Å². The normalized spacial score (nSPS) is 13.8. The van der Waals surface area contributed by atoms with Gasteiger partial charge < -0.3 is 15.2 Å². The first-order chi connectivity index (χ1) is 8.64. The predicted molar refractivity (Wildman–Crippen MR) is 68.7 cm³/mol. The van der Waals surface area contributed by atoms with Crippen LogP contribution in [0, 0.1) is 13.8 Å². The Bertz CT molecular complexity index is 590. The molecule has 7 nitrogen and oxygen atoms in total. The molecule has 0 bridgehead atoms. The van der Waals surface area contributed by atoms with E-state index < -0.39 is 22.0 Å². The van der Waals surface area contributed by atoms with E-state index in [1.165, 1.54) is 20.9 Å². The van der Waals surface area contributed by atoms with Crippen LogP contribution in [0.5, 0.6) is 0 Å². The number of aliphatic hydroxyl groups is 1. The minimum absolute atomic E-state index is 0.0484. The highest BCUT2D eigenvalue weighted by Crippen LogP contribution is 2.26. The fourth-order valence-corrected chi connectivity index (χ4v) is 3.58. The average Bonchev–Trinajstić information content (AvgIpc) is 2.63. The van der Waals surface area contributed by atoms with Crippen LogP contribution >= 0.6 is 0 Å². The molecular formula is C11H18N2O5S. The highest BCUT2D eigenvalue weighted by Gasteiger charge is 2.31. The Labute approximate surface area is 111 Å². The van der Waals surface area contributed by atoms with Gasteiger partial charge in [-0.1, -0.05) is 0 Å². The summed E-state index contributed by atoms with van der Waals surface area (Å²) < 4.78 is 25.9. The summed E-state index contributed by atoms with van der Waals surface area (Å²) in [5, 5.41) is 18.0. The molecule has 108 valence electrons. The largest absolute Gasteiger partial charge is 0.477 e. The van der Waals surface area contributed by atoms with Gasteiger partial charge >= 0.3 is 5.97 Å². The summed E-state index contributed by atoms with van der Waals surface area (Å²) in [6.45, 7) is 4.19. The number of carbonyl (C=O) groups is 1. The molecule has 0 aliphatic carbocycles. The molecule has 0 spiro atoms. The van der Waals surface area contributed by atoms with Gasteiger partial charge in [0.2, 0.25) is 10.0 Å². The van der Waals surface area contributed by atoms with Gasteiger partial charge in [-0.15, -0.1) is 0 Å². The number of carboxylic acids is 1. The number of hydrogen-bond donors (Lipinski definition) is 3. The van der Waals surface area contributed by atoms with Crippen molar-refractivity contribution < 1.29 is 23.4 Å². The van der Waals surface area contributed by atoms with Gasteiger partial charge in [0.15, 0.2) is 0 Å². The van der Waals surface area contributed by atoms with Crippen molar-refractivity contribution >= 4 is 16.0 Å². The van der Waals surface area contributed by atoms with Crippen molar-refractivity contribution in [3.8, 4) is 0 Å². The van der Waals surface area contributed by atoms with E-state index >= 15 is 0 Å². The number of carboxylic acid groups (broad SMARTS) is 1. The zero-order valence-electron chi connectivity index (χ0n) is 11.3. The van der Waals surface area contributed by atoms with Crippen LogP contribution in [0.1, 0.15) is 28.7 Å². The number of nitrogens with one attached hydrogen (secondary N) is 1. The molecule has 0 aliphatic rings. The van der Waals surface area contributed by atoms with Gasteiger partial charge in [0.25, 0.3) is 0 Å². The highest BCUT2D eigenvalue weighted by molar-refractivity contribution is 7.89. The van der Waals surface area contributed by atoms with Gasteiger partial charge in [-0.25, -0.2) is 13.2 Å². The molecule has 1 atom stereocenters. The standard InChI is InChI=1S/C11H18N2O5S/c1-6(5-14)13(4)19(17,18)10-7(2)9(11(15)16)12-8(10)3/h6,12,14H,5H2,1-4H3,(H,15,16). The van der Waals surface area contributed by atoms with Crippen LogP contribution in [0.25, 0.3) is 0 Å². The van der Waals surface area contributed by atoms with Gasteiger partial charge in [0.1, 0.15) is 10.6 Å². The molecule has 0 saturated heterocycles. The van der Waals surface area contributed by atoms with Crippen molar-refractivity contribution in [1.29, 1.82) is 0 Å². The number of sulfonamides is 1. The Kier molecular flexibility index (Phi) is 4.39. The maximum atomic E-state index is 12.4. The van der Waals surface area contributed by atoms with E-state index in [1.54, 1.807) is 6.92 Å². The SMILES string of the molecule is Cc1[nH]c(C(=O)O)c(C)c1S(=O)(=O)N(C)C(C)CO. The third-order valence-electron chi connectivity index (χ3n) is 3.10. The number of rotatable bonds is 5. The molecule has 0 radical (unpaired) electrons. The maximum absolute atomic E-state index is 12.4. The van der Waals surface area contributed by atoms with Gasteiger partial charge in [0.05, 0.1) is 6.61 Å². The van der Waals surface area contributed by atoms with Gasteiger partial charge in [0, 0.05) is 24.3 Å². The molecular weight excluding hydrogens is 272 g/mol. The Hall–Kier alpha value is -1.38. The number of hydrogen-bond acceptors (Lipinski definition) is 4. The number of aromatic nitrogens is 1. The Morgan fingerprint density at radius 3 is 2.32 bits per heavy atom. The van der Waals surface area contributed by atoms with Crippen LogP contribution in [-0.2, 0) is 10.0 Å². The lowest BCUT2D eigenvalue weighted by Crippen LogP contribution is -2.37. The van der Waals surface area contributed by atoms with Crippen molar-refractivity contribution in [2.24, 2.45) is 0 Å². The second-order valence-electron chi connectivity index (χ2n) is 4.44. The second kappa shape index (κ2) is 5.32. The molecule has 1 heterocycles. The third kappa shape index (κ3) is 2.65. The molecule has 0 aliphatic heterocycles. The number of aromatic amines is 1. The molecule has 1 rings (SSSR count). The van der Waals surface area contributed by atoms with E-state index in [2.05, 4.69) is 4.98 Å². The van der Waals surface area contributed by atoms with Crippen LogP contribution < -0.4 is 0 Å². The maximum Gasteiger partial charge on any atom is 0.352 e. The number of likely N-dealkylation sites (N-methyl/N-ethyl adjacent to an activating group) is 1. The Morgan fingerprint density at radius 1 is 1.42 bits per heavy atom. The van der Waals surface area contributed by atoms with E-state index in [0.29, 0.717) is 0 Å². The Morgan fingerprint density at radius 2 is 1.95 bits per heavy atom. The van der Waals surface area contributed by atoms with E-state index in [1.807, 2.05) is 0 Å². The molecule has 8 heteroatoms. The monoisotopic (exact) mass is 290 g/mol. The number of aromatic carboxylic acids is 1. The molecule has 0 saturated carbocycles. The average molecular weight is 290 g/mol. The van der Waals surface area contributed by atoms with E-state index in [0.717, 1.165) is 4.31 Å². The number of H-pyrrole nitrogens is 1. The molecule has 3 N–H and O–H groups in total. The minimum atomic E-state index is -3.85. The summed E-state index contributed by atoms with van der Waals surface area (Å²) in [5.74, 6) is -1.21. The molecule has 1 aromatic heterocycles. The molecule has 1 unspecified atom stereocenters. The number of nitrogens with zero attached hydrogens (tertiary/aromatic N) is 1. The lowest BCUT2D eigenvalue weighted by atomic mass is 10.2. The predicted octanol–water partition coefficient (Wildman–Crippen LogP) is 0.331. The van der Waals surface area contributed by atoms with E-state index in [9.17, 15) is 13.2 Å². The van der Waals surface area contributed by atoms with Crippen molar-refractivity contribution in [2.75, 3.05) is 13.7 Å². The van der Waals surface area contributed by atoms with Crippen LogP contribution in [-0.4, -0.2) is 53.6 Å². The van der Waals surface area contributed by atoms with Crippen LogP contribution in [0.3, 0.4) is 0 Å². The van der Waals surface area contributed by atoms with Gasteiger partial charge in [-0.05, 0) is 20.8 Å². The van der Waals surface area contributed by atoms with E-state index in [4.69, 9.17) is 10.2 Å². The van der Waals surface area contributed by atoms with Gasteiger partial charge in [-0.3, -0.25) is 0 Å².